The molecule has 2 N–H and O–H groups in total. The molecule has 2 heterocycles. The normalized spacial score (nSPS) is 13.7. The molecule has 0 unspecified atom stereocenters. The lowest BCUT2D eigenvalue weighted by atomic mass is 10.2. The molecule has 32 heavy (non-hydrogen) atoms. The summed E-state index contributed by atoms with van der Waals surface area (Å²) in [5.74, 6) is -1.65. The Morgan fingerprint density at radius 3 is 2.34 bits per heavy atom. The fourth-order valence-corrected chi connectivity index (χ4v) is 4.09. The number of halogens is 3. The van der Waals surface area contributed by atoms with E-state index < -0.39 is 11.8 Å². The fourth-order valence-electron chi connectivity index (χ4n) is 2.90. The third-order valence-corrected chi connectivity index (χ3v) is 6.41. The summed E-state index contributed by atoms with van der Waals surface area (Å²) < 4.78 is 0. The Morgan fingerprint density at radius 2 is 1.72 bits per heavy atom. The van der Waals surface area contributed by atoms with E-state index in [-0.39, 0.29) is 27.3 Å². The summed E-state index contributed by atoms with van der Waals surface area (Å²) in [6.45, 7) is 1.84. The molecule has 0 fully saturated rings. The third kappa shape index (κ3) is 4.35. The number of amides is 3. The minimum absolute atomic E-state index is 0.0850. The van der Waals surface area contributed by atoms with E-state index in [9.17, 15) is 14.4 Å². The van der Waals surface area contributed by atoms with Gasteiger partial charge in [0.05, 0.1) is 21.4 Å². The lowest BCUT2D eigenvalue weighted by Crippen LogP contribution is -2.32. The van der Waals surface area contributed by atoms with Crippen LogP contribution in [0.4, 0.5) is 16.5 Å². The van der Waals surface area contributed by atoms with Crippen LogP contribution in [-0.2, 0) is 9.59 Å². The van der Waals surface area contributed by atoms with Crippen molar-refractivity contribution in [1.29, 1.82) is 0 Å². The molecule has 162 valence electrons. The SMILES string of the molecule is Cc1csc(NC(=O)c2ccc(NC3=C(Cl)C(=O)N(c4ccc(Cl)c(Cl)c4)C3=O)cc2)n1. The lowest BCUT2D eigenvalue weighted by molar-refractivity contribution is -0.120. The first kappa shape index (κ1) is 22.3. The maximum atomic E-state index is 12.9. The highest BCUT2D eigenvalue weighted by Crippen LogP contribution is 2.33. The molecule has 7 nitrogen and oxygen atoms in total. The molecule has 0 spiro atoms. The van der Waals surface area contributed by atoms with Crippen molar-refractivity contribution in [3.63, 3.8) is 0 Å². The number of anilines is 3. The molecule has 0 saturated carbocycles. The third-order valence-electron chi connectivity index (χ3n) is 4.44. The van der Waals surface area contributed by atoms with Gasteiger partial charge in [-0.2, -0.15) is 0 Å². The number of aromatic nitrogens is 1. The molecule has 11 heteroatoms. The van der Waals surface area contributed by atoms with Crippen LogP contribution in [0.5, 0.6) is 0 Å². The highest BCUT2D eigenvalue weighted by atomic mass is 35.5. The van der Waals surface area contributed by atoms with Crippen LogP contribution in [0.2, 0.25) is 10.0 Å². The number of nitrogens with one attached hydrogen (secondary N) is 2. The maximum absolute atomic E-state index is 12.9. The molecule has 0 saturated heterocycles. The fraction of sp³-hybridized carbons (Fsp3) is 0.0476. The predicted molar refractivity (Wildman–Crippen MR) is 127 cm³/mol. The molecule has 1 aliphatic rings. The van der Waals surface area contributed by atoms with Gasteiger partial charge in [0.1, 0.15) is 10.7 Å². The van der Waals surface area contributed by atoms with Crippen LogP contribution in [-0.4, -0.2) is 22.7 Å². The number of aryl methyl sites for hydroxylation is 1. The summed E-state index contributed by atoms with van der Waals surface area (Å²) in [5, 5.41) is 8.13. The lowest BCUT2D eigenvalue weighted by Gasteiger charge is -2.15. The first-order chi connectivity index (χ1) is 15.2. The van der Waals surface area contributed by atoms with Gasteiger partial charge in [-0.3, -0.25) is 19.7 Å². The van der Waals surface area contributed by atoms with E-state index >= 15 is 0 Å². The average molecular weight is 508 g/mol. The summed E-state index contributed by atoms with van der Waals surface area (Å²) in [4.78, 5) is 42.9. The summed E-state index contributed by atoms with van der Waals surface area (Å²) in [7, 11) is 0. The van der Waals surface area contributed by atoms with E-state index in [1.807, 2.05) is 12.3 Å². The van der Waals surface area contributed by atoms with E-state index in [0.29, 0.717) is 21.4 Å². The van der Waals surface area contributed by atoms with Gasteiger partial charge in [0, 0.05) is 16.6 Å². The second kappa shape index (κ2) is 8.91. The number of rotatable bonds is 5. The Labute approximate surface area is 201 Å². The highest BCUT2D eigenvalue weighted by molar-refractivity contribution is 7.13. The molecule has 0 radical (unpaired) electrons. The van der Waals surface area contributed by atoms with Gasteiger partial charge >= 0.3 is 0 Å². The zero-order valence-corrected chi connectivity index (χ0v) is 19.4. The predicted octanol–water partition coefficient (Wildman–Crippen LogP) is 5.45. The van der Waals surface area contributed by atoms with Gasteiger partial charge in [-0.25, -0.2) is 9.88 Å². The number of hydrogen-bond acceptors (Lipinski definition) is 6. The van der Waals surface area contributed by atoms with Crippen molar-refractivity contribution in [2.24, 2.45) is 0 Å². The van der Waals surface area contributed by atoms with Crippen molar-refractivity contribution < 1.29 is 14.4 Å². The number of thiazole rings is 1. The molecular formula is C21H13Cl3N4O3S. The molecule has 3 amide bonds. The molecular weight excluding hydrogens is 495 g/mol. The first-order valence-electron chi connectivity index (χ1n) is 9.09. The van der Waals surface area contributed by atoms with E-state index in [1.54, 1.807) is 24.3 Å². The Morgan fingerprint density at radius 1 is 1.00 bits per heavy atom. The summed E-state index contributed by atoms with van der Waals surface area (Å²) in [5.41, 5.74) is 1.85. The minimum atomic E-state index is -0.688. The smallest absolute Gasteiger partial charge is 0.283 e. The number of nitrogens with zero attached hydrogens (tertiary/aromatic N) is 2. The van der Waals surface area contributed by atoms with Gasteiger partial charge in [-0.05, 0) is 49.4 Å². The molecule has 1 aromatic heterocycles. The number of carbonyl (C=O) groups excluding carboxylic acids is 3. The van der Waals surface area contributed by atoms with Crippen molar-refractivity contribution in [2.75, 3.05) is 15.5 Å². The molecule has 1 aliphatic heterocycles. The number of benzene rings is 2. The second-order valence-electron chi connectivity index (χ2n) is 6.68. The van der Waals surface area contributed by atoms with E-state index in [2.05, 4.69) is 15.6 Å². The summed E-state index contributed by atoms with van der Waals surface area (Å²) in [6.07, 6.45) is 0. The average Bonchev–Trinajstić information content (AvgIpc) is 3.26. The van der Waals surface area contributed by atoms with Gasteiger partial charge < -0.3 is 5.32 Å². The maximum Gasteiger partial charge on any atom is 0.283 e. The number of carbonyl (C=O) groups is 3. The van der Waals surface area contributed by atoms with E-state index in [0.717, 1.165) is 10.6 Å². The van der Waals surface area contributed by atoms with Crippen LogP contribution >= 0.6 is 46.1 Å². The zero-order chi connectivity index (χ0) is 23.0. The topological polar surface area (TPSA) is 91.4 Å². The molecule has 2 aromatic carbocycles. The Balaban J connectivity index is 1.49. The Bertz CT molecular complexity index is 1290. The zero-order valence-electron chi connectivity index (χ0n) is 16.3. The van der Waals surface area contributed by atoms with Gasteiger partial charge in [0.2, 0.25) is 0 Å². The Hall–Kier alpha value is -2.91. The van der Waals surface area contributed by atoms with E-state index in [1.165, 1.54) is 29.5 Å². The van der Waals surface area contributed by atoms with Gasteiger partial charge in [0.25, 0.3) is 17.7 Å². The van der Waals surface area contributed by atoms with Crippen molar-refractivity contribution in [2.45, 2.75) is 6.92 Å². The molecule has 0 bridgehead atoms. The number of imide groups is 1. The molecule has 0 aliphatic carbocycles. The summed E-state index contributed by atoms with van der Waals surface area (Å²) >= 11 is 19.4. The highest BCUT2D eigenvalue weighted by Gasteiger charge is 2.39. The Kier molecular flexibility index (Phi) is 6.21. The van der Waals surface area contributed by atoms with Crippen LogP contribution in [0.3, 0.4) is 0 Å². The first-order valence-corrected chi connectivity index (χ1v) is 11.1. The molecule has 0 atom stereocenters. The van der Waals surface area contributed by atoms with Crippen molar-refractivity contribution in [1.82, 2.24) is 4.98 Å². The van der Waals surface area contributed by atoms with Crippen LogP contribution in [0.15, 0.2) is 58.6 Å². The van der Waals surface area contributed by atoms with Crippen LogP contribution in [0.1, 0.15) is 16.1 Å². The second-order valence-corrected chi connectivity index (χ2v) is 8.73. The quantitative estimate of drug-likeness (QED) is 0.448. The standard InChI is InChI=1S/C21H13Cl3N4O3S/c1-10-9-32-21(25-10)27-18(29)11-2-4-12(5-3-11)26-17-16(24)19(30)28(20(17)31)13-6-7-14(22)15(23)8-13/h2-9,26H,1H3,(H,25,27,29). The van der Waals surface area contributed by atoms with Crippen LogP contribution in [0, 0.1) is 6.92 Å². The monoisotopic (exact) mass is 506 g/mol. The molecule has 3 aromatic rings. The molecule has 4 rings (SSSR count). The van der Waals surface area contributed by atoms with Crippen molar-refractivity contribution in [3.05, 3.63) is 79.9 Å². The largest absolute Gasteiger partial charge is 0.350 e. The van der Waals surface area contributed by atoms with Crippen molar-refractivity contribution >= 4 is 80.4 Å². The van der Waals surface area contributed by atoms with Gasteiger partial charge in [-0.15, -0.1) is 11.3 Å². The van der Waals surface area contributed by atoms with E-state index in [4.69, 9.17) is 34.8 Å². The van der Waals surface area contributed by atoms with Crippen molar-refractivity contribution in [3.8, 4) is 0 Å². The number of hydrogen-bond donors (Lipinski definition) is 2. The van der Waals surface area contributed by atoms with Crippen LogP contribution < -0.4 is 15.5 Å². The van der Waals surface area contributed by atoms with Gasteiger partial charge in [0.15, 0.2) is 5.13 Å². The van der Waals surface area contributed by atoms with Gasteiger partial charge in [-0.1, -0.05) is 34.8 Å². The summed E-state index contributed by atoms with van der Waals surface area (Å²) in [6, 6.07) is 10.7. The minimum Gasteiger partial charge on any atom is -0.350 e. The van der Waals surface area contributed by atoms with Crippen LogP contribution in [0.25, 0.3) is 0 Å².